The first kappa shape index (κ1) is 10.6. The van der Waals surface area contributed by atoms with Crippen LogP contribution in [-0.2, 0) is 0 Å². The van der Waals surface area contributed by atoms with Crippen molar-refractivity contribution in [2.45, 2.75) is 18.9 Å². The van der Waals surface area contributed by atoms with Gasteiger partial charge in [-0.05, 0) is 32.5 Å². The maximum absolute atomic E-state index is 5.82. The molecule has 2 rings (SSSR count). The largest absolute Gasteiger partial charge is 0.402 e. The molecule has 1 unspecified atom stereocenters. The van der Waals surface area contributed by atoms with Crippen LogP contribution in [-0.4, -0.2) is 43.0 Å². The second kappa shape index (κ2) is 4.27. The summed E-state index contributed by atoms with van der Waals surface area (Å²) in [4.78, 5) is 4.74. The first-order chi connectivity index (χ1) is 7.16. The van der Waals surface area contributed by atoms with E-state index in [0.717, 1.165) is 18.7 Å². The molecule has 0 amide bonds. The Labute approximate surface area is 92.2 Å². The highest BCUT2D eigenvalue weighted by Gasteiger charge is 2.24. The highest BCUT2D eigenvalue weighted by atomic mass is 15.2. The summed E-state index contributed by atoms with van der Waals surface area (Å²) in [6.45, 7) is 2.36. The van der Waals surface area contributed by atoms with Gasteiger partial charge in [0.05, 0.1) is 0 Å². The van der Waals surface area contributed by atoms with E-state index in [4.69, 9.17) is 5.73 Å². The molecule has 2 aliphatic rings. The van der Waals surface area contributed by atoms with Crippen molar-refractivity contribution < 1.29 is 0 Å². The molecule has 1 radical (unpaired) electrons. The number of nitrogens with two attached hydrogens (primary N) is 1. The molecule has 1 saturated heterocycles. The lowest BCUT2D eigenvalue weighted by Crippen LogP contribution is -2.33. The van der Waals surface area contributed by atoms with Crippen LogP contribution in [0.4, 0.5) is 0 Å². The summed E-state index contributed by atoms with van der Waals surface area (Å²) in [5.41, 5.74) is 7.98. The van der Waals surface area contributed by atoms with Crippen molar-refractivity contribution in [3.8, 4) is 0 Å². The molecule has 0 aromatic heterocycles. The van der Waals surface area contributed by atoms with E-state index in [1.807, 2.05) is 0 Å². The minimum atomic E-state index is 0.642. The van der Waals surface area contributed by atoms with Crippen LogP contribution in [0.2, 0.25) is 0 Å². The van der Waals surface area contributed by atoms with E-state index in [9.17, 15) is 0 Å². The Kier molecular flexibility index (Phi) is 3.00. The number of rotatable bonds is 2. The van der Waals surface area contributed by atoms with Gasteiger partial charge in [0.1, 0.15) is 0 Å². The molecule has 0 spiro atoms. The number of likely N-dealkylation sites (tertiary alicyclic amines) is 1. The number of hydrogen-bond acceptors (Lipinski definition) is 3. The average Bonchev–Trinajstić information content (AvgIpc) is 2.64. The van der Waals surface area contributed by atoms with E-state index >= 15 is 0 Å². The highest BCUT2D eigenvalue weighted by Crippen LogP contribution is 2.21. The number of hydrogen-bond donors (Lipinski definition) is 1. The van der Waals surface area contributed by atoms with Crippen molar-refractivity contribution in [3.63, 3.8) is 0 Å². The third kappa shape index (κ3) is 2.34. The molecule has 83 valence electrons. The second-order valence-corrected chi connectivity index (χ2v) is 4.53. The molecular weight excluding hydrogens is 186 g/mol. The molecule has 2 N–H and O–H groups in total. The normalized spacial score (nSPS) is 27.5. The molecule has 0 aromatic rings. The van der Waals surface area contributed by atoms with E-state index in [-0.39, 0.29) is 0 Å². The molecule has 3 heteroatoms. The van der Waals surface area contributed by atoms with Gasteiger partial charge in [0.25, 0.3) is 0 Å². The summed E-state index contributed by atoms with van der Waals surface area (Å²) >= 11 is 0. The Hall–Kier alpha value is -0.960. The monoisotopic (exact) mass is 206 g/mol. The van der Waals surface area contributed by atoms with Crippen molar-refractivity contribution >= 4 is 0 Å². The molecule has 15 heavy (non-hydrogen) atoms. The van der Waals surface area contributed by atoms with E-state index in [0.29, 0.717) is 6.04 Å². The van der Waals surface area contributed by atoms with Gasteiger partial charge in [-0.3, -0.25) is 0 Å². The minimum absolute atomic E-state index is 0.642. The molecule has 0 saturated carbocycles. The van der Waals surface area contributed by atoms with Crippen LogP contribution >= 0.6 is 0 Å². The van der Waals surface area contributed by atoms with Gasteiger partial charge in [-0.25, -0.2) is 0 Å². The maximum Gasteiger partial charge on any atom is 0.0425 e. The van der Waals surface area contributed by atoms with E-state index < -0.39 is 0 Å². The van der Waals surface area contributed by atoms with Gasteiger partial charge >= 0.3 is 0 Å². The topological polar surface area (TPSA) is 32.5 Å². The molecule has 1 atom stereocenters. The van der Waals surface area contributed by atoms with Crippen molar-refractivity contribution in [2.75, 3.05) is 27.2 Å². The zero-order chi connectivity index (χ0) is 10.8. The molecule has 1 aliphatic heterocycles. The van der Waals surface area contributed by atoms with Crippen LogP contribution in [0.5, 0.6) is 0 Å². The Morgan fingerprint density at radius 1 is 1.53 bits per heavy atom. The fourth-order valence-corrected chi connectivity index (χ4v) is 2.29. The molecule has 1 heterocycles. The molecular formula is C12H20N3. The van der Waals surface area contributed by atoms with Gasteiger partial charge in [-0.1, -0.05) is 6.08 Å². The number of allylic oxidation sites excluding steroid dienone is 3. The molecule has 3 nitrogen and oxygen atoms in total. The van der Waals surface area contributed by atoms with Crippen LogP contribution in [0.15, 0.2) is 23.5 Å². The molecule has 1 aliphatic carbocycles. The van der Waals surface area contributed by atoms with Gasteiger partial charge in [0, 0.05) is 37.4 Å². The quantitative estimate of drug-likeness (QED) is 0.730. The third-order valence-corrected chi connectivity index (χ3v) is 3.32. The number of nitrogens with zero attached hydrogens (tertiary/aromatic N) is 2. The van der Waals surface area contributed by atoms with Gasteiger partial charge in [-0.15, -0.1) is 0 Å². The first-order valence-corrected chi connectivity index (χ1v) is 5.59. The fraction of sp³-hybridized carbons (Fsp3) is 0.583. The van der Waals surface area contributed by atoms with Crippen molar-refractivity contribution in [3.05, 3.63) is 30.0 Å². The maximum atomic E-state index is 5.82. The Morgan fingerprint density at radius 2 is 2.33 bits per heavy atom. The summed E-state index contributed by atoms with van der Waals surface area (Å²) in [7, 11) is 4.35. The average molecular weight is 206 g/mol. The van der Waals surface area contributed by atoms with E-state index in [1.54, 1.807) is 0 Å². The lowest BCUT2D eigenvalue weighted by Gasteiger charge is -2.29. The van der Waals surface area contributed by atoms with Gasteiger partial charge in [0.15, 0.2) is 0 Å². The van der Waals surface area contributed by atoms with Crippen LogP contribution < -0.4 is 5.73 Å². The van der Waals surface area contributed by atoms with Gasteiger partial charge in [0.2, 0.25) is 0 Å². The van der Waals surface area contributed by atoms with E-state index in [2.05, 4.69) is 42.5 Å². The predicted octanol–water partition coefficient (Wildman–Crippen LogP) is 0.957. The summed E-state index contributed by atoms with van der Waals surface area (Å²) < 4.78 is 0. The summed E-state index contributed by atoms with van der Waals surface area (Å²) in [5.74, 6) is 0. The first-order valence-electron chi connectivity index (χ1n) is 5.59. The zero-order valence-electron chi connectivity index (χ0n) is 9.61. The molecule has 0 aromatic carbocycles. The SMILES string of the molecule is CN1CCC(N(C)C2=CC[CH]C(N)=C2)C1. The smallest absolute Gasteiger partial charge is 0.0425 e. The van der Waals surface area contributed by atoms with Crippen molar-refractivity contribution in [1.82, 2.24) is 9.80 Å². The Balaban J connectivity index is 2.01. The minimum Gasteiger partial charge on any atom is -0.402 e. The number of likely N-dealkylation sites (N-methyl/N-ethyl adjacent to an activating group) is 2. The Morgan fingerprint density at radius 3 is 2.93 bits per heavy atom. The van der Waals surface area contributed by atoms with Crippen LogP contribution in [0.25, 0.3) is 0 Å². The third-order valence-electron chi connectivity index (χ3n) is 3.32. The van der Waals surface area contributed by atoms with Crippen LogP contribution in [0.1, 0.15) is 12.8 Å². The van der Waals surface area contributed by atoms with Crippen LogP contribution in [0.3, 0.4) is 0 Å². The summed E-state index contributed by atoms with van der Waals surface area (Å²) in [6.07, 6.45) is 8.58. The lowest BCUT2D eigenvalue weighted by molar-refractivity contribution is 0.301. The van der Waals surface area contributed by atoms with Crippen LogP contribution in [0, 0.1) is 6.42 Å². The predicted molar refractivity (Wildman–Crippen MR) is 62.9 cm³/mol. The molecule has 1 fully saturated rings. The lowest BCUT2D eigenvalue weighted by atomic mass is 10.1. The Bertz CT molecular complexity index is 293. The zero-order valence-corrected chi connectivity index (χ0v) is 9.61. The second-order valence-electron chi connectivity index (χ2n) is 4.53. The highest BCUT2D eigenvalue weighted by molar-refractivity contribution is 5.31. The molecule has 0 bridgehead atoms. The van der Waals surface area contributed by atoms with Crippen molar-refractivity contribution in [2.24, 2.45) is 5.73 Å². The summed E-state index contributed by atoms with van der Waals surface area (Å²) in [6, 6.07) is 0.642. The van der Waals surface area contributed by atoms with Gasteiger partial charge < -0.3 is 15.5 Å². The fourth-order valence-electron chi connectivity index (χ4n) is 2.29. The van der Waals surface area contributed by atoms with Crippen molar-refractivity contribution in [1.29, 1.82) is 0 Å². The van der Waals surface area contributed by atoms with E-state index in [1.165, 1.54) is 18.7 Å². The summed E-state index contributed by atoms with van der Waals surface area (Å²) in [5, 5.41) is 0. The van der Waals surface area contributed by atoms with Gasteiger partial charge in [-0.2, -0.15) is 0 Å². The standard InChI is InChI=1S/C12H20N3/c1-14-7-6-12(9-14)15(2)11-5-3-4-10(13)8-11/h4-5,8,12H,3,6-7,9,13H2,1-2H3.